The molecule has 0 radical (unpaired) electrons. The molecule has 0 spiro atoms. The molecular formula is C35H72O13. The minimum Gasteiger partial charge on any atom is -0.379 e. The summed E-state index contributed by atoms with van der Waals surface area (Å²) in [5.74, 6) is 0. The van der Waals surface area contributed by atoms with Crippen LogP contribution in [-0.2, 0) is 61.6 Å². The molecule has 0 aliphatic heterocycles. The Balaban J connectivity index is 3.04. The zero-order valence-corrected chi connectivity index (χ0v) is 30.6. The van der Waals surface area contributed by atoms with Gasteiger partial charge >= 0.3 is 0 Å². The second kappa shape index (κ2) is 46.5. The maximum absolute atomic E-state index is 5.53. The van der Waals surface area contributed by atoms with Crippen LogP contribution in [0.1, 0.15) is 58.8 Å². The predicted octanol–water partition coefficient (Wildman–Crippen LogP) is 3.97. The van der Waals surface area contributed by atoms with E-state index in [0.29, 0.717) is 159 Å². The third-order valence-electron chi connectivity index (χ3n) is 6.50. The third kappa shape index (κ3) is 45.5. The second-order valence-electron chi connectivity index (χ2n) is 10.7. The van der Waals surface area contributed by atoms with Crippen LogP contribution in [0.3, 0.4) is 0 Å². The van der Waals surface area contributed by atoms with E-state index in [1.807, 2.05) is 0 Å². The maximum atomic E-state index is 5.53. The van der Waals surface area contributed by atoms with Crippen molar-refractivity contribution in [1.82, 2.24) is 0 Å². The fraction of sp³-hybridized carbons (Fsp3) is 1.00. The van der Waals surface area contributed by atoms with Crippen molar-refractivity contribution in [3.63, 3.8) is 0 Å². The normalized spacial score (nSPS) is 11.6. The lowest BCUT2D eigenvalue weighted by Gasteiger charge is -2.09. The Morgan fingerprint density at radius 3 is 0.500 bits per heavy atom. The summed E-state index contributed by atoms with van der Waals surface area (Å²) in [6, 6.07) is 0. The van der Waals surface area contributed by atoms with Gasteiger partial charge in [-0.3, -0.25) is 0 Å². The van der Waals surface area contributed by atoms with Gasteiger partial charge in [-0.25, -0.2) is 0 Å². The molecule has 0 saturated carbocycles. The van der Waals surface area contributed by atoms with Gasteiger partial charge < -0.3 is 61.6 Å². The highest BCUT2D eigenvalue weighted by Crippen LogP contribution is 1.98. The van der Waals surface area contributed by atoms with Crippen LogP contribution in [0.15, 0.2) is 0 Å². The SMILES string of the molecule is CCCCCCOCCOCCOCCOCCOCCOCCOCCOCCOCCOCCOCCOCCOCCCCC. The molecule has 13 heteroatoms. The van der Waals surface area contributed by atoms with Crippen molar-refractivity contribution in [3.8, 4) is 0 Å². The quantitative estimate of drug-likeness (QED) is 0.0854. The van der Waals surface area contributed by atoms with Gasteiger partial charge in [-0.1, -0.05) is 46.0 Å². The molecule has 0 aromatic carbocycles. The van der Waals surface area contributed by atoms with E-state index in [1.165, 1.54) is 32.1 Å². The zero-order chi connectivity index (χ0) is 34.5. The average Bonchev–Trinajstić information content (AvgIpc) is 3.10. The summed E-state index contributed by atoms with van der Waals surface area (Å²) >= 11 is 0. The number of unbranched alkanes of at least 4 members (excludes halogenated alkanes) is 5. The van der Waals surface area contributed by atoms with E-state index in [2.05, 4.69) is 13.8 Å². The molecule has 13 nitrogen and oxygen atoms in total. The molecule has 0 rings (SSSR count). The Hall–Kier alpha value is -0.520. The van der Waals surface area contributed by atoms with E-state index in [1.54, 1.807) is 0 Å². The van der Waals surface area contributed by atoms with Gasteiger partial charge in [0, 0.05) is 13.2 Å². The van der Waals surface area contributed by atoms with Gasteiger partial charge in [0.25, 0.3) is 0 Å². The van der Waals surface area contributed by atoms with Gasteiger partial charge in [0.1, 0.15) is 0 Å². The summed E-state index contributed by atoms with van der Waals surface area (Å²) in [6.07, 6.45) is 8.44. The summed E-state index contributed by atoms with van der Waals surface area (Å²) in [6.45, 7) is 19.2. The van der Waals surface area contributed by atoms with Gasteiger partial charge in [-0.05, 0) is 12.8 Å². The van der Waals surface area contributed by atoms with Crippen LogP contribution >= 0.6 is 0 Å². The molecule has 0 heterocycles. The van der Waals surface area contributed by atoms with Crippen molar-refractivity contribution < 1.29 is 61.6 Å². The Labute approximate surface area is 292 Å². The fourth-order valence-electron chi connectivity index (χ4n) is 3.83. The first-order chi connectivity index (χ1) is 23.9. The van der Waals surface area contributed by atoms with E-state index in [9.17, 15) is 0 Å². The first-order valence-corrected chi connectivity index (χ1v) is 18.4. The predicted molar refractivity (Wildman–Crippen MR) is 184 cm³/mol. The van der Waals surface area contributed by atoms with Crippen LogP contribution in [-0.4, -0.2) is 172 Å². The van der Waals surface area contributed by atoms with Gasteiger partial charge in [-0.2, -0.15) is 0 Å². The Kier molecular flexibility index (Phi) is 46.0. The van der Waals surface area contributed by atoms with Gasteiger partial charge in [0.15, 0.2) is 0 Å². The first-order valence-electron chi connectivity index (χ1n) is 18.4. The van der Waals surface area contributed by atoms with Crippen LogP contribution in [0, 0.1) is 0 Å². The van der Waals surface area contributed by atoms with Crippen LogP contribution < -0.4 is 0 Å². The smallest absolute Gasteiger partial charge is 0.0701 e. The molecule has 0 aromatic rings. The van der Waals surface area contributed by atoms with E-state index < -0.39 is 0 Å². The molecule has 0 fully saturated rings. The molecule has 0 bridgehead atoms. The lowest BCUT2D eigenvalue weighted by molar-refractivity contribution is -0.0290. The van der Waals surface area contributed by atoms with E-state index in [-0.39, 0.29) is 0 Å². The third-order valence-corrected chi connectivity index (χ3v) is 6.50. The molecule has 0 saturated heterocycles. The topological polar surface area (TPSA) is 120 Å². The van der Waals surface area contributed by atoms with Crippen LogP contribution in [0.25, 0.3) is 0 Å². The van der Waals surface area contributed by atoms with Crippen molar-refractivity contribution in [1.29, 1.82) is 0 Å². The number of hydrogen-bond acceptors (Lipinski definition) is 13. The molecule has 0 unspecified atom stereocenters. The average molecular weight is 701 g/mol. The second-order valence-corrected chi connectivity index (χ2v) is 10.7. The minimum absolute atomic E-state index is 0.517. The first kappa shape index (κ1) is 47.5. The fourth-order valence-corrected chi connectivity index (χ4v) is 3.83. The molecule has 0 aliphatic rings. The van der Waals surface area contributed by atoms with Crippen molar-refractivity contribution in [2.45, 2.75) is 58.8 Å². The minimum atomic E-state index is 0.517. The lowest BCUT2D eigenvalue weighted by Crippen LogP contribution is -2.15. The number of hydrogen-bond donors (Lipinski definition) is 0. The summed E-state index contributed by atoms with van der Waals surface area (Å²) in [7, 11) is 0. The molecule has 0 amide bonds. The summed E-state index contributed by atoms with van der Waals surface area (Å²) in [5, 5.41) is 0. The van der Waals surface area contributed by atoms with Crippen LogP contribution in [0.2, 0.25) is 0 Å². The van der Waals surface area contributed by atoms with Crippen LogP contribution in [0.5, 0.6) is 0 Å². The molecule has 0 atom stereocenters. The van der Waals surface area contributed by atoms with Gasteiger partial charge in [0.05, 0.1) is 159 Å². The molecular weight excluding hydrogens is 628 g/mol. The largest absolute Gasteiger partial charge is 0.379 e. The molecule has 290 valence electrons. The highest BCUT2D eigenvalue weighted by Gasteiger charge is 1.97. The Morgan fingerprint density at radius 2 is 0.312 bits per heavy atom. The molecule has 0 aromatic heterocycles. The van der Waals surface area contributed by atoms with E-state index in [0.717, 1.165) is 26.1 Å². The lowest BCUT2D eigenvalue weighted by atomic mass is 10.2. The monoisotopic (exact) mass is 700 g/mol. The summed E-state index contributed by atoms with van der Waals surface area (Å²) < 4.78 is 71.4. The Morgan fingerprint density at radius 1 is 0.167 bits per heavy atom. The standard InChI is InChI=1S/C35H72O13/c1-3-5-7-9-11-37-13-15-39-17-19-41-21-23-43-25-27-45-29-31-47-33-35-48-34-32-46-30-28-44-26-24-42-22-20-40-18-16-38-14-12-36-10-8-6-4-2/h3-35H2,1-2H3. The summed E-state index contributed by atoms with van der Waals surface area (Å²) in [5.41, 5.74) is 0. The zero-order valence-electron chi connectivity index (χ0n) is 30.6. The van der Waals surface area contributed by atoms with E-state index >= 15 is 0 Å². The molecule has 48 heavy (non-hydrogen) atoms. The van der Waals surface area contributed by atoms with Gasteiger partial charge in [0.2, 0.25) is 0 Å². The maximum Gasteiger partial charge on any atom is 0.0701 e. The van der Waals surface area contributed by atoms with Crippen molar-refractivity contribution in [2.75, 3.05) is 172 Å². The highest BCUT2D eigenvalue weighted by atomic mass is 16.6. The Bertz CT molecular complexity index is 503. The summed E-state index contributed by atoms with van der Waals surface area (Å²) in [4.78, 5) is 0. The molecule has 0 aliphatic carbocycles. The van der Waals surface area contributed by atoms with E-state index in [4.69, 9.17) is 61.6 Å². The van der Waals surface area contributed by atoms with Crippen molar-refractivity contribution >= 4 is 0 Å². The van der Waals surface area contributed by atoms with Gasteiger partial charge in [-0.15, -0.1) is 0 Å². The van der Waals surface area contributed by atoms with Crippen molar-refractivity contribution in [3.05, 3.63) is 0 Å². The number of rotatable bonds is 45. The van der Waals surface area contributed by atoms with Crippen LogP contribution in [0.4, 0.5) is 0 Å². The van der Waals surface area contributed by atoms with Crippen molar-refractivity contribution in [2.24, 2.45) is 0 Å². The molecule has 0 N–H and O–H groups in total. The number of ether oxygens (including phenoxy) is 13. The highest BCUT2D eigenvalue weighted by molar-refractivity contribution is 4.42.